The number of ether oxygens (including phenoxy) is 1. The van der Waals surface area contributed by atoms with Crippen molar-refractivity contribution in [2.24, 2.45) is 0 Å². The van der Waals surface area contributed by atoms with Crippen LogP contribution >= 0.6 is 0 Å². The Labute approximate surface area is 129 Å². The summed E-state index contributed by atoms with van der Waals surface area (Å²) in [7, 11) is 0. The molecule has 2 rings (SSSR count). The van der Waals surface area contributed by atoms with Gasteiger partial charge in [0.1, 0.15) is 5.75 Å². The van der Waals surface area contributed by atoms with E-state index in [1.54, 1.807) is 0 Å². The summed E-state index contributed by atoms with van der Waals surface area (Å²) in [4.78, 5) is 0. The molecule has 21 heavy (non-hydrogen) atoms. The van der Waals surface area contributed by atoms with Gasteiger partial charge in [0.05, 0.1) is 6.61 Å². The molecule has 0 aliphatic rings. The second kappa shape index (κ2) is 8.07. The normalized spacial score (nSPS) is 11.0. The Morgan fingerprint density at radius 2 is 1.57 bits per heavy atom. The van der Waals surface area contributed by atoms with Gasteiger partial charge in [0.2, 0.25) is 0 Å². The molecule has 0 saturated carbocycles. The summed E-state index contributed by atoms with van der Waals surface area (Å²) in [5.41, 5.74) is 2.03. The van der Waals surface area contributed by atoms with Crippen LogP contribution in [0.2, 0.25) is 0 Å². The summed E-state index contributed by atoms with van der Waals surface area (Å²) in [6.07, 6.45) is 7.70. The maximum Gasteiger partial charge on any atom is 0.127 e. The maximum absolute atomic E-state index is 5.98. The Balaban J connectivity index is 1.94. The highest BCUT2D eigenvalue weighted by molar-refractivity contribution is 5.94. The lowest BCUT2D eigenvalue weighted by Gasteiger charge is -2.12. The van der Waals surface area contributed by atoms with Crippen molar-refractivity contribution >= 4 is 10.8 Å². The quantitative estimate of drug-likeness (QED) is 0.544. The van der Waals surface area contributed by atoms with Gasteiger partial charge in [0.15, 0.2) is 0 Å². The average molecular weight is 282 g/mol. The van der Waals surface area contributed by atoms with E-state index in [-0.39, 0.29) is 0 Å². The van der Waals surface area contributed by atoms with Crippen molar-refractivity contribution in [2.75, 3.05) is 6.61 Å². The van der Waals surface area contributed by atoms with E-state index in [0.717, 1.165) is 40.7 Å². The highest BCUT2D eigenvalue weighted by Gasteiger charge is 2.06. The fraction of sp³-hybridized carbons (Fsp3) is 0.400. The highest BCUT2D eigenvalue weighted by atomic mass is 16.5. The summed E-state index contributed by atoms with van der Waals surface area (Å²) in [5.74, 6) is 0.955. The molecule has 112 valence electrons. The first-order valence-corrected chi connectivity index (χ1v) is 8.06. The molecule has 0 amide bonds. The summed E-state index contributed by atoms with van der Waals surface area (Å²) in [5, 5.41) is 2.25. The van der Waals surface area contributed by atoms with Crippen LogP contribution in [0, 0.1) is 13.8 Å². The van der Waals surface area contributed by atoms with Crippen molar-refractivity contribution in [3.05, 3.63) is 55.3 Å². The molecular formula is C20H26O. The topological polar surface area (TPSA) is 9.23 Å². The van der Waals surface area contributed by atoms with E-state index in [2.05, 4.69) is 26.8 Å². The third-order valence-corrected chi connectivity index (χ3v) is 3.93. The molecule has 1 heteroatoms. The molecule has 2 aromatic rings. The SMILES string of the molecule is [CH2]c1cccc2c(OCCCCCCCC)ccc([CH2])c12. The van der Waals surface area contributed by atoms with Gasteiger partial charge < -0.3 is 4.74 Å². The van der Waals surface area contributed by atoms with Crippen molar-refractivity contribution in [2.45, 2.75) is 45.4 Å². The molecule has 0 aliphatic carbocycles. The number of benzene rings is 2. The van der Waals surface area contributed by atoms with Crippen molar-refractivity contribution in [1.29, 1.82) is 0 Å². The number of hydrogen-bond acceptors (Lipinski definition) is 1. The fourth-order valence-electron chi connectivity index (χ4n) is 2.72. The molecule has 0 N–H and O–H groups in total. The lowest BCUT2D eigenvalue weighted by molar-refractivity contribution is 0.308. The van der Waals surface area contributed by atoms with E-state index in [9.17, 15) is 0 Å². The van der Waals surface area contributed by atoms with Crippen LogP contribution in [0.25, 0.3) is 10.8 Å². The second-order valence-electron chi connectivity index (χ2n) is 5.68. The smallest absolute Gasteiger partial charge is 0.127 e. The minimum absolute atomic E-state index is 0.791. The Morgan fingerprint density at radius 1 is 0.857 bits per heavy atom. The summed E-state index contributed by atoms with van der Waals surface area (Å²) >= 11 is 0. The molecule has 0 saturated heterocycles. The Hall–Kier alpha value is -1.50. The number of unbranched alkanes of at least 4 members (excludes halogenated alkanes) is 5. The lowest BCUT2D eigenvalue weighted by atomic mass is 10.0. The third kappa shape index (κ3) is 4.23. The molecule has 0 fully saturated rings. The van der Waals surface area contributed by atoms with Crippen LogP contribution < -0.4 is 4.74 Å². The first-order chi connectivity index (χ1) is 10.2. The van der Waals surface area contributed by atoms with Gasteiger partial charge in [-0.25, -0.2) is 0 Å². The standard InChI is InChI=1S/C20H26O/c1-4-5-6-7-8-9-15-21-19-14-13-17(3)20-16(2)11-10-12-18(19)20/h10-14H,2-9,15H2,1H3. The predicted molar refractivity (Wildman–Crippen MR) is 91.7 cm³/mol. The van der Waals surface area contributed by atoms with Gasteiger partial charge in [-0.05, 0) is 42.8 Å². The Morgan fingerprint density at radius 3 is 2.38 bits per heavy atom. The van der Waals surface area contributed by atoms with E-state index >= 15 is 0 Å². The van der Waals surface area contributed by atoms with Crippen molar-refractivity contribution in [1.82, 2.24) is 0 Å². The van der Waals surface area contributed by atoms with E-state index in [4.69, 9.17) is 4.74 Å². The van der Waals surface area contributed by atoms with Crippen LogP contribution in [-0.2, 0) is 0 Å². The van der Waals surface area contributed by atoms with Crippen molar-refractivity contribution in [3.8, 4) is 5.75 Å². The zero-order chi connectivity index (χ0) is 15.1. The van der Waals surface area contributed by atoms with Gasteiger partial charge >= 0.3 is 0 Å². The molecule has 2 radical (unpaired) electrons. The largest absolute Gasteiger partial charge is 0.493 e. The van der Waals surface area contributed by atoms with Crippen molar-refractivity contribution in [3.63, 3.8) is 0 Å². The molecule has 1 nitrogen and oxygen atoms in total. The monoisotopic (exact) mass is 282 g/mol. The minimum Gasteiger partial charge on any atom is -0.493 e. The van der Waals surface area contributed by atoms with Gasteiger partial charge in [-0.2, -0.15) is 0 Å². The van der Waals surface area contributed by atoms with Gasteiger partial charge in [-0.3, -0.25) is 0 Å². The first-order valence-electron chi connectivity index (χ1n) is 8.06. The van der Waals surface area contributed by atoms with Crippen LogP contribution in [-0.4, -0.2) is 6.61 Å². The fourth-order valence-corrected chi connectivity index (χ4v) is 2.72. The zero-order valence-electron chi connectivity index (χ0n) is 13.2. The van der Waals surface area contributed by atoms with E-state index < -0.39 is 0 Å². The molecule has 0 spiro atoms. The molecule has 0 aliphatic heterocycles. The third-order valence-electron chi connectivity index (χ3n) is 3.93. The summed E-state index contributed by atoms with van der Waals surface area (Å²) in [6, 6.07) is 10.2. The molecular weight excluding hydrogens is 256 g/mol. The van der Waals surface area contributed by atoms with E-state index in [1.165, 1.54) is 32.1 Å². The Kier molecular flexibility index (Phi) is 6.10. The van der Waals surface area contributed by atoms with Crippen LogP contribution in [0.5, 0.6) is 5.75 Å². The number of fused-ring (bicyclic) bond motifs is 1. The molecule has 0 bridgehead atoms. The van der Waals surface area contributed by atoms with E-state index in [1.807, 2.05) is 24.3 Å². The Bertz CT molecular complexity index is 563. The minimum atomic E-state index is 0.791. The van der Waals surface area contributed by atoms with Gasteiger partial charge in [-0.1, -0.05) is 63.3 Å². The van der Waals surface area contributed by atoms with Gasteiger partial charge in [0.25, 0.3) is 0 Å². The number of hydrogen-bond donors (Lipinski definition) is 0. The van der Waals surface area contributed by atoms with Gasteiger partial charge in [-0.15, -0.1) is 0 Å². The average Bonchev–Trinajstić information content (AvgIpc) is 2.48. The highest BCUT2D eigenvalue weighted by Crippen LogP contribution is 2.30. The van der Waals surface area contributed by atoms with Crippen LogP contribution in [0.1, 0.15) is 56.6 Å². The van der Waals surface area contributed by atoms with Crippen molar-refractivity contribution < 1.29 is 4.74 Å². The zero-order valence-corrected chi connectivity index (χ0v) is 13.2. The molecule has 0 atom stereocenters. The first kappa shape index (κ1) is 15.9. The molecule has 2 aromatic carbocycles. The van der Waals surface area contributed by atoms with Crippen LogP contribution in [0.15, 0.2) is 30.3 Å². The summed E-state index contributed by atoms with van der Waals surface area (Å²) in [6.45, 7) is 11.2. The van der Waals surface area contributed by atoms with Gasteiger partial charge in [0, 0.05) is 5.39 Å². The van der Waals surface area contributed by atoms with Crippen LogP contribution in [0.3, 0.4) is 0 Å². The maximum atomic E-state index is 5.98. The lowest BCUT2D eigenvalue weighted by Crippen LogP contribution is -1.98. The molecule has 0 aromatic heterocycles. The molecule has 0 unspecified atom stereocenters. The van der Waals surface area contributed by atoms with Crippen LogP contribution in [0.4, 0.5) is 0 Å². The molecule has 0 heterocycles. The number of rotatable bonds is 8. The second-order valence-corrected chi connectivity index (χ2v) is 5.68. The van der Waals surface area contributed by atoms with E-state index in [0.29, 0.717) is 0 Å². The summed E-state index contributed by atoms with van der Waals surface area (Å²) < 4.78 is 5.98. The predicted octanol–water partition coefficient (Wildman–Crippen LogP) is 5.94.